The Morgan fingerprint density at radius 2 is 1.53 bits per heavy atom. The molecule has 0 saturated carbocycles. The van der Waals surface area contributed by atoms with Gasteiger partial charge < -0.3 is 15.4 Å². The number of guanidine groups is 1. The second kappa shape index (κ2) is 11.6. The van der Waals surface area contributed by atoms with Crippen molar-refractivity contribution in [3.8, 4) is 5.75 Å². The number of nitrogens with zero attached hydrogens (tertiary/aromatic N) is 1. The van der Waals surface area contributed by atoms with Crippen LogP contribution in [0.15, 0.2) is 53.5 Å². The van der Waals surface area contributed by atoms with Crippen LogP contribution < -0.4 is 20.1 Å². The summed E-state index contributed by atoms with van der Waals surface area (Å²) in [6, 6.07) is 15.2. The number of sulfonamides is 1. The normalized spacial score (nSPS) is 12.1. The van der Waals surface area contributed by atoms with Gasteiger partial charge in [0.05, 0.1) is 12.4 Å². The van der Waals surface area contributed by atoms with Crippen LogP contribution in [-0.2, 0) is 28.9 Å². The van der Waals surface area contributed by atoms with Crippen LogP contribution in [0, 0.1) is 0 Å². The van der Waals surface area contributed by atoms with Crippen molar-refractivity contribution in [2.45, 2.75) is 45.7 Å². The molecule has 30 heavy (non-hydrogen) atoms. The monoisotopic (exact) mass is 432 g/mol. The van der Waals surface area contributed by atoms with Crippen molar-refractivity contribution in [1.82, 2.24) is 15.4 Å². The van der Waals surface area contributed by atoms with Crippen molar-refractivity contribution in [2.75, 3.05) is 13.7 Å². The van der Waals surface area contributed by atoms with Gasteiger partial charge in [0, 0.05) is 31.7 Å². The molecule has 0 amide bonds. The summed E-state index contributed by atoms with van der Waals surface area (Å²) in [6.07, 6.45) is 0. The molecule has 0 aromatic heterocycles. The highest BCUT2D eigenvalue weighted by molar-refractivity contribution is 7.88. The minimum atomic E-state index is -3.39. The maximum atomic E-state index is 12.3. The topological polar surface area (TPSA) is 91.8 Å². The molecular formula is C22H32N4O3S. The van der Waals surface area contributed by atoms with E-state index in [0.29, 0.717) is 25.7 Å². The van der Waals surface area contributed by atoms with E-state index in [1.165, 1.54) is 0 Å². The Morgan fingerprint density at radius 3 is 2.13 bits per heavy atom. The van der Waals surface area contributed by atoms with Gasteiger partial charge in [0.15, 0.2) is 5.96 Å². The summed E-state index contributed by atoms with van der Waals surface area (Å²) in [7, 11) is -1.69. The van der Waals surface area contributed by atoms with Crippen molar-refractivity contribution in [1.29, 1.82) is 0 Å². The molecule has 2 rings (SSSR count). The largest absolute Gasteiger partial charge is 0.494 e. The van der Waals surface area contributed by atoms with Crippen LogP contribution in [0.1, 0.15) is 37.5 Å². The van der Waals surface area contributed by atoms with Crippen LogP contribution in [0.25, 0.3) is 0 Å². The molecule has 164 valence electrons. The molecule has 0 spiro atoms. The molecule has 2 aromatic carbocycles. The molecule has 0 aliphatic heterocycles. The number of ether oxygens (including phenoxy) is 1. The molecule has 0 fully saturated rings. The summed E-state index contributed by atoms with van der Waals surface area (Å²) in [5.74, 6) is 1.41. The minimum absolute atomic E-state index is 0.0587. The van der Waals surface area contributed by atoms with E-state index in [2.05, 4.69) is 20.3 Å². The molecule has 0 heterocycles. The zero-order chi connectivity index (χ0) is 22.0. The Bertz CT molecular complexity index is 943. The lowest BCUT2D eigenvalue weighted by Gasteiger charge is -2.16. The zero-order valence-electron chi connectivity index (χ0n) is 18.1. The Balaban J connectivity index is 2.01. The number of benzene rings is 2. The van der Waals surface area contributed by atoms with Gasteiger partial charge in [0.25, 0.3) is 0 Å². The third-order valence-electron chi connectivity index (χ3n) is 4.27. The average Bonchev–Trinajstić information content (AvgIpc) is 2.69. The zero-order valence-corrected chi connectivity index (χ0v) is 18.9. The fourth-order valence-corrected chi connectivity index (χ4v) is 4.49. The number of nitrogens with one attached hydrogen (secondary N) is 3. The standard InChI is InChI=1S/C22H32N4O3S/c1-5-29-21-13-9-8-11-19(21)15-25-22(23-4)24-14-18-10-6-7-12-20(18)16-30(27,28)26-17(2)3/h6-13,17,26H,5,14-16H2,1-4H3,(H2,23,24,25). The average molecular weight is 433 g/mol. The fourth-order valence-electron chi connectivity index (χ4n) is 3.00. The van der Waals surface area contributed by atoms with Gasteiger partial charge >= 0.3 is 0 Å². The van der Waals surface area contributed by atoms with E-state index in [-0.39, 0.29) is 11.8 Å². The second-order valence-electron chi connectivity index (χ2n) is 7.12. The van der Waals surface area contributed by atoms with Crippen LogP contribution in [0.3, 0.4) is 0 Å². The van der Waals surface area contributed by atoms with Crippen LogP contribution >= 0.6 is 0 Å². The van der Waals surface area contributed by atoms with Crippen LogP contribution in [-0.4, -0.2) is 34.1 Å². The van der Waals surface area contributed by atoms with Crippen molar-refractivity contribution >= 4 is 16.0 Å². The van der Waals surface area contributed by atoms with Gasteiger partial charge in [-0.15, -0.1) is 0 Å². The van der Waals surface area contributed by atoms with E-state index < -0.39 is 10.0 Å². The highest BCUT2D eigenvalue weighted by Crippen LogP contribution is 2.17. The quantitative estimate of drug-likeness (QED) is 0.397. The lowest BCUT2D eigenvalue weighted by atomic mass is 10.1. The van der Waals surface area contributed by atoms with Crippen LogP contribution in [0.4, 0.5) is 0 Å². The number of rotatable bonds is 10. The first kappa shape index (κ1) is 23.7. The van der Waals surface area contributed by atoms with Crippen molar-refractivity contribution in [2.24, 2.45) is 4.99 Å². The van der Waals surface area contributed by atoms with Crippen molar-refractivity contribution in [3.63, 3.8) is 0 Å². The molecule has 0 aliphatic rings. The summed E-state index contributed by atoms with van der Waals surface area (Å²) < 4.78 is 32.9. The lowest BCUT2D eigenvalue weighted by molar-refractivity contribution is 0.336. The van der Waals surface area contributed by atoms with Gasteiger partial charge in [-0.25, -0.2) is 13.1 Å². The molecule has 0 unspecified atom stereocenters. The molecule has 0 radical (unpaired) electrons. The lowest BCUT2D eigenvalue weighted by Crippen LogP contribution is -2.37. The first-order chi connectivity index (χ1) is 14.3. The summed E-state index contributed by atoms with van der Waals surface area (Å²) in [5, 5.41) is 6.53. The van der Waals surface area contributed by atoms with Crippen molar-refractivity contribution in [3.05, 3.63) is 65.2 Å². The van der Waals surface area contributed by atoms with Gasteiger partial charge in [-0.05, 0) is 38.0 Å². The van der Waals surface area contributed by atoms with E-state index >= 15 is 0 Å². The third kappa shape index (κ3) is 7.68. The smallest absolute Gasteiger partial charge is 0.216 e. The van der Waals surface area contributed by atoms with Gasteiger partial charge in [-0.1, -0.05) is 42.5 Å². The van der Waals surface area contributed by atoms with E-state index in [9.17, 15) is 8.42 Å². The highest BCUT2D eigenvalue weighted by atomic mass is 32.2. The molecule has 0 saturated heterocycles. The van der Waals surface area contributed by atoms with Crippen LogP contribution in [0.2, 0.25) is 0 Å². The fraction of sp³-hybridized carbons (Fsp3) is 0.409. The molecule has 8 heteroatoms. The highest BCUT2D eigenvalue weighted by Gasteiger charge is 2.15. The SMILES string of the molecule is CCOc1ccccc1CNC(=NC)NCc1ccccc1CS(=O)(=O)NC(C)C. The molecule has 0 aliphatic carbocycles. The van der Waals surface area contributed by atoms with Crippen LogP contribution in [0.5, 0.6) is 5.75 Å². The number of hydrogen-bond acceptors (Lipinski definition) is 4. The summed E-state index contributed by atoms with van der Waals surface area (Å²) in [5.41, 5.74) is 2.70. The molecule has 0 atom stereocenters. The Hall–Kier alpha value is -2.58. The first-order valence-corrected chi connectivity index (χ1v) is 11.7. The Morgan fingerprint density at radius 1 is 0.967 bits per heavy atom. The molecule has 3 N–H and O–H groups in total. The van der Waals surface area contributed by atoms with Gasteiger partial charge in [-0.3, -0.25) is 4.99 Å². The predicted octanol–water partition coefficient (Wildman–Crippen LogP) is 2.78. The van der Waals surface area contributed by atoms with E-state index in [4.69, 9.17) is 4.74 Å². The van der Waals surface area contributed by atoms with Gasteiger partial charge in [0.1, 0.15) is 5.75 Å². The van der Waals surface area contributed by atoms with E-state index in [1.54, 1.807) is 7.05 Å². The molecule has 0 bridgehead atoms. The minimum Gasteiger partial charge on any atom is -0.494 e. The predicted molar refractivity (Wildman–Crippen MR) is 122 cm³/mol. The first-order valence-electron chi connectivity index (χ1n) is 10.1. The summed E-state index contributed by atoms with van der Waals surface area (Å²) >= 11 is 0. The second-order valence-corrected chi connectivity index (χ2v) is 8.87. The number of hydrogen-bond donors (Lipinski definition) is 3. The number of para-hydroxylation sites is 1. The van der Waals surface area contributed by atoms with Gasteiger partial charge in [0.2, 0.25) is 10.0 Å². The Kier molecular flexibility index (Phi) is 9.14. The Labute approximate surface area is 180 Å². The summed E-state index contributed by atoms with van der Waals surface area (Å²) in [4.78, 5) is 4.26. The van der Waals surface area contributed by atoms with E-state index in [1.807, 2.05) is 69.3 Å². The molecular weight excluding hydrogens is 400 g/mol. The maximum absolute atomic E-state index is 12.3. The summed E-state index contributed by atoms with van der Waals surface area (Å²) in [6.45, 7) is 7.20. The maximum Gasteiger partial charge on any atom is 0.216 e. The van der Waals surface area contributed by atoms with Crippen molar-refractivity contribution < 1.29 is 13.2 Å². The molecule has 7 nitrogen and oxygen atoms in total. The van der Waals surface area contributed by atoms with Gasteiger partial charge in [-0.2, -0.15) is 0 Å². The van der Waals surface area contributed by atoms with E-state index in [0.717, 1.165) is 22.4 Å². The molecule has 2 aromatic rings. The number of aliphatic imine (C=N–C) groups is 1. The third-order valence-corrected chi connectivity index (χ3v) is 5.79.